The molecule has 0 N–H and O–H groups in total. The lowest BCUT2D eigenvalue weighted by molar-refractivity contribution is 0.106. The van der Waals surface area contributed by atoms with Crippen molar-refractivity contribution in [1.29, 1.82) is 0 Å². The van der Waals surface area contributed by atoms with Crippen LogP contribution in [0.4, 0.5) is 13.2 Å². The maximum atomic E-state index is 12.9. The highest BCUT2D eigenvalue weighted by Gasteiger charge is 2.25. The van der Waals surface area contributed by atoms with E-state index in [0.29, 0.717) is 6.20 Å². The summed E-state index contributed by atoms with van der Waals surface area (Å²) in [5.41, 5.74) is -1.67. The van der Waals surface area contributed by atoms with Gasteiger partial charge in [0, 0.05) is 0 Å². The average molecular weight is 288 g/mol. The van der Waals surface area contributed by atoms with Crippen molar-refractivity contribution in [2.45, 2.75) is 6.43 Å². The Bertz CT molecular complexity index is 385. The Labute approximate surface area is 90.2 Å². The van der Waals surface area contributed by atoms with Gasteiger partial charge in [0.15, 0.2) is 5.82 Å². The quantitative estimate of drug-likeness (QED) is 0.617. The number of hydrogen-bond donors (Lipinski definition) is 0. The Morgan fingerprint density at radius 2 is 2.14 bits per heavy atom. The highest BCUT2D eigenvalue weighted by Crippen LogP contribution is 2.31. The molecule has 1 aromatic heterocycles. The van der Waals surface area contributed by atoms with Crippen LogP contribution in [0.2, 0.25) is 0 Å². The van der Waals surface area contributed by atoms with E-state index in [1.165, 1.54) is 0 Å². The van der Waals surface area contributed by atoms with Crippen LogP contribution in [0.1, 0.15) is 22.3 Å². The number of carbonyl (C=O) groups excluding carboxylic acids is 1. The lowest BCUT2D eigenvalue weighted by Crippen LogP contribution is -2.05. The molecule has 14 heavy (non-hydrogen) atoms. The fraction of sp³-hybridized carbons (Fsp3) is 0.143. The Morgan fingerprint density at radius 3 is 2.50 bits per heavy atom. The van der Waals surface area contributed by atoms with Crippen LogP contribution in [0.3, 0.4) is 0 Å². The minimum absolute atomic E-state index is 0.294. The molecular weight excluding hydrogens is 286 g/mol. The third-order valence-electron chi connectivity index (χ3n) is 1.44. The first-order valence-corrected chi connectivity index (χ1v) is 4.44. The maximum Gasteiger partial charge on any atom is 0.267 e. The molecule has 2 nitrogen and oxygen atoms in total. The van der Waals surface area contributed by atoms with Crippen LogP contribution in [-0.2, 0) is 0 Å². The SMILES string of the molecule is O=C(Cl)c1c(F)cnc(Br)c1C(F)F. The zero-order valence-electron chi connectivity index (χ0n) is 6.40. The normalized spacial score (nSPS) is 10.7. The first kappa shape index (κ1) is 11.5. The third-order valence-corrected chi connectivity index (χ3v) is 2.26. The lowest BCUT2D eigenvalue weighted by Gasteiger charge is -2.07. The number of carbonyl (C=O) groups is 1. The molecule has 0 amide bonds. The summed E-state index contributed by atoms with van der Waals surface area (Å²) in [6, 6.07) is 0. The van der Waals surface area contributed by atoms with E-state index in [2.05, 4.69) is 20.9 Å². The lowest BCUT2D eigenvalue weighted by atomic mass is 10.1. The van der Waals surface area contributed by atoms with Gasteiger partial charge in [-0.2, -0.15) is 0 Å². The summed E-state index contributed by atoms with van der Waals surface area (Å²) in [5.74, 6) is -1.16. The Morgan fingerprint density at radius 1 is 1.57 bits per heavy atom. The van der Waals surface area contributed by atoms with Crippen molar-refractivity contribution in [3.05, 3.63) is 27.7 Å². The summed E-state index contributed by atoms with van der Waals surface area (Å²) in [7, 11) is 0. The molecule has 0 saturated carbocycles. The van der Waals surface area contributed by atoms with Gasteiger partial charge >= 0.3 is 0 Å². The number of hydrogen-bond acceptors (Lipinski definition) is 2. The molecule has 0 atom stereocenters. The highest BCUT2D eigenvalue weighted by atomic mass is 79.9. The van der Waals surface area contributed by atoms with Gasteiger partial charge in [-0.05, 0) is 27.5 Å². The predicted octanol–water partition coefficient (Wildman–Crippen LogP) is 3.30. The number of pyridine rings is 1. The first-order chi connectivity index (χ1) is 6.45. The van der Waals surface area contributed by atoms with Crippen LogP contribution in [0.25, 0.3) is 0 Å². The molecule has 0 radical (unpaired) electrons. The molecule has 0 aliphatic carbocycles. The molecule has 0 aliphatic heterocycles. The molecule has 0 saturated heterocycles. The van der Waals surface area contributed by atoms with Crippen molar-refractivity contribution in [1.82, 2.24) is 4.98 Å². The van der Waals surface area contributed by atoms with Gasteiger partial charge < -0.3 is 0 Å². The van der Waals surface area contributed by atoms with E-state index >= 15 is 0 Å². The fourth-order valence-corrected chi connectivity index (χ4v) is 1.54. The summed E-state index contributed by atoms with van der Waals surface area (Å²) >= 11 is 7.65. The molecule has 0 aliphatic rings. The van der Waals surface area contributed by atoms with Gasteiger partial charge in [0.05, 0.1) is 17.3 Å². The van der Waals surface area contributed by atoms with E-state index in [1.54, 1.807) is 0 Å². The van der Waals surface area contributed by atoms with Gasteiger partial charge in [-0.3, -0.25) is 4.79 Å². The molecule has 7 heteroatoms. The minimum atomic E-state index is -3.02. The van der Waals surface area contributed by atoms with Crippen molar-refractivity contribution in [3.63, 3.8) is 0 Å². The predicted molar refractivity (Wildman–Crippen MR) is 47.0 cm³/mol. The second-order valence-corrected chi connectivity index (χ2v) is 3.35. The van der Waals surface area contributed by atoms with E-state index in [9.17, 15) is 18.0 Å². The standard InChI is InChI=1S/C7H2BrClF3NO/c8-5-4(7(11)12)3(6(9)14)2(10)1-13-5/h1,7H. The molecule has 0 spiro atoms. The van der Waals surface area contributed by atoms with Gasteiger partial charge in [-0.15, -0.1) is 0 Å². The number of halogens is 5. The zero-order valence-corrected chi connectivity index (χ0v) is 8.74. The van der Waals surface area contributed by atoms with Crippen molar-refractivity contribution < 1.29 is 18.0 Å². The Hall–Kier alpha value is -0.620. The summed E-state index contributed by atoms with van der Waals surface area (Å²) in [6.45, 7) is 0. The molecular formula is C7H2BrClF3NO. The largest absolute Gasteiger partial charge is 0.275 e. The van der Waals surface area contributed by atoms with Gasteiger partial charge in [-0.1, -0.05) is 0 Å². The molecule has 1 rings (SSSR count). The second kappa shape index (κ2) is 4.27. The Kier molecular flexibility index (Phi) is 3.49. The van der Waals surface area contributed by atoms with Gasteiger partial charge in [-0.25, -0.2) is 18.2 Å². The number of alkyl halides is 2. The fourth-order valence-electron chi connectivity index (χ4n) is 0.878. The molecule has 0 bridgehead atoms. The van der Waals surface area contributed by atoms with E-state index < -0.39 is 28.6 Å². The second-order valence-electron chi connectivity index (χ2n) is 2.26. The minimum Gasteiger partial charge on any atom is -0.275 e. The summed E-state index contributed by atoms with van der Waals surface area (Å²) in [4.78, 5) is 14.0. The molecule has 0 fully saturated rings. The summed E-state index contributed by atoms with van der Waals surface area (Å²) in [6.07, 6.45) is -2.38. The number of rotatable bonds is 2. The van der Waals surface area contributed by atoms with Crippen LogP contribution in [0.5, 0.6) is 0 Å². The summed E-state index contributed by atoms with van der Waals surface area (Å²) in [5, 5.41) is -1.28. The smallest absolute Gasteiger partial charge is 0.267 e. The van der Waals surface area contributed by atoms with Crippen LogP contribution in [-0.4, -0.2) is 10.2 Å². The zero-order chi connectivity index (χ0) is 10.9. The van der Waals surface area contributed by atoms with E-state index in [0.717, 1.165) is 0 Å². The number of aromatic nitrogens is 1. The molecule has 0 unspecified atom stereocenters. The van der Waals surface area contributed by atoms with Crippen LogP contribution < -0.4 is 0 Å². The third kappa shape index (κ3) is 2.06. The van der Waals surface area contributed by atoms with Crippen molar-refractivity contribution in [3.8, 4) is 0 Å². The monoisotopic (exact) mass is 287 g/mol. The Balaban J connectivity index is 3.50. The summed E-state index contributed by atoms with van der Waals surface area (Å²) < 4.78 is 37.4. The van der Waals surface area contributed by atoms with Gasteiger partial charge in [0.2, 0.25) is 0 Å². The van der Waals surface area contributed by atoms with Crippen molar-refractivity contribution in [2.75, 3.05) is 0 Å². The molecule has 0 aromatic carbocycles. The number of nitrogens with zero attached hydrogens (tertiary/aromatic N) is 1. The van der Waals surface area contributed by atoms with Crippen LogP contribution >= 0.6 is 27.5 Å². The van der Waals surface area contributed by atoms with E-state index in [-0.39, 0.29) is 4.60 Å². The van der Waals surface area contributed by atoms with Crippen LogP contribution in [0.15, 0.2) is 10.8 Å². The molecule has 1 heterocycles. The molecule has 1 aromatic rings. The van der Waals surface area contributed by atoms with Crippen molar-refractivity contribution >= 4 is 32.8 Å². The van der Waals surface area contributed by atoms with E-state index in [1.807, 2.05) is 0 Å². The van der Waals surface area contributed by atoms with E-state index in [4.69, 9.17) is 11.6 Å². The highest BCUT2D eigenvalue weighted by molar-refractivity contribution is 9.10. The van der Waals surface area contributed by atoms with Crippen LogP contribution in [0, 0.1) is 5.82 Å². The first-order valence-electron chi connectivity index (χ1n) is 3.27. The maximum absolute atomic E-state index is 12.9. The van der Waals surface area contributed by atoms with Crippen molar-refractivity contribution in [2.24, 2.45) is 0 Å². The van der Waals surface area contributed by atoms with Gasteiger partial charge in [0.1, 0.15) is 4.60 Å². The molecule has 76 valence electrons. The topological polar surface area (TPSA) is 30.0 Å². The average Bonchev–Trinajstić information content (AvgIpc) is 2.07. The van der Waals surface area contributed by atoms with Gasteiger partial charge in [0.25, 0.3) is 11.7 Å².